The second-order valence-corrected chi connectivity index (χ2v) is 12.2. The second kappa shape index (κ2) is 13.1. The van der Waals surface area contributed by atoms with Gasteiger partial charge in [0.25, 0.3) is 5.69 Å². The first kappa shape index (κ1) is 29.3. The highest BCUT2D eigenvalue weighted by Gasteiger charge is 2.24. The molecule has 0 amide bonds. The number of nitro groups is 1. The molecule has 208 valence electrons. The van der Waals surface area contributed by atoms with Gasteiger partial charge in [0.2, 0.25) is 10.0 Å². The smallest absolute Gasteiger partial charge is 0.293 e. The number of hydrogen-bond donors (Lipinski definition) is 2. The van der Waals surface area contributed by atoms with E-state index >= 15 is 0 Å². The molecule has 0 spiro atoms. The van der Waals surface area contributed by atoms with Crippen molar-refractivity contribution in [2.75, 3.05) is 51.6 Å². The van der Waals surface area contributed by atoms with Crippen LogP contribution in [-0.4, -0.2) is 69.5 Å². The predicted octanol–water partition coefficient (Wildman–Crippen LogP) is 5.02. The Morgan fingerprint density at radius 3 is 2.03 bits per heavy atom. The van der Waals surface area contributed by atoms with E-state index < -0.39 is 21.0 Å². The van der Waals surface area contributed by atoms with Gasteiger partial charge in [0.15, 0.2) is 0 Å². The summed E-state index contributed by atoms with van der Waals surface area (Å²) in [5, 5.41) is 16.3. The van der Waals surface area contributed by atoms with Gasteiger partial charge in [0.05, 0.1) is 15.9 Å². The summed E-state index contributed by atoms with van der Waals surface area (Å²) in [7, 11) is -1.84. The molecule has 0 radical (unpaired) electrons. The molecule has 9 nitrogen and oxygen atoms in total. The van der Waals surface area contributed by atoms with E-state index in [1.165, 1.54) is 12.1 Å². The van der Waals surface area contributed by atoms with Crippen molar-refractivity contribution in [1.82, 2.24) is 14.5 Å². The maximum absolute atomic E-state index is 12.9. The maximum Gasteiger partial charge on any atom is 0.293 e. The monoisotopic (exact) mass is 591 g/mol. The van der Waals surface area contributed by atoms with Crippen molar-refractivity contribution in [3.8, 4) is 0 Å². The summed E-state index contributed by atoms with van der Waals surface area (Å²) in [6, 6.07) is 17.7. The third kappa shape index (κ3) is 7.91. The summed E-state index contributed by atoms with van der Waals surface area (Å²) >= 11 is 12.1. The van der Waals surface area contributed by atoms with E-state index in [0.717, 1.165) is 49.9 Å². The average Bonchev–Trinajstić information content (AvgIpc) is 2.92. The number of nitrogens with one attached hydrogen (secondary N) is 2. The highest BCUT2D eigenvalue weighted by Crippen LogP contribution is 2.34. The van der Waals surface area contributed by atoms with Crippen molar-refractivity contribution in [2.24, 2.45) is 0 Å². The molecule has 39 heavy (non-hydrogen) atoms. The van der Waals surface area contributed by atoms with Crippen molar-refractivity contribution in [2.45, 2.75) is 17.4 Å². The van der Waals surface area contributed by atoms with Crippen molar-refractivity contribution >= 4 is 44.6 Å². The molecule has 0 aliphatic carbocycles. The molecule has 1 fully saturated rings. The summed E-state index contributed by atoms with van der Waals surface area (Å²) in [6.07, 6.45) is 0.647. The Kier molecular flexibility index (Phi) is 9.81. The van der Waals surface area contributed by atoms with Crippen LogP contribution in [0.15, 0.2) is 71.6 Å². The maximum atomic E-state index is 12.9. The first-order valence-electron chi connectivity index (χ1n) is 12.6. The van der Waals surface area contributed by atoms with Gasteiger partial charge in [-0.15, -0.1) is 0 Å². The molecular formula is C27H31Cl2N5O4S. The van der Waals surface area contributed by atoms with Gasteiger partial charge >= 0.3 is 0 Å². The summed E-state index contributed by atoms with van der Waals surface area (Å²) < 4.78 is 28.5. The molecule has 4 rings (SSSR count). The minimum Gasteiger partial charge on any atom is -0.369 e. The number of halogens is 2. The van der Waals surface area contributed by atoms with Crippen LogP contribution in [-0.2, 0) is 10.0 Å². The Hall–Kier alpha value is -2.73. The molecule has 3 aromatic rings. The number of sulfonamides is 1. The van der Waals surface area contributed by atoms with Gasteiger partial charge < -0.3 is 15.1 Å². The Balaban J connectivity index is 1.51. The lowest BCUT2D eigenvalue weighted by Gasteiger charge is -2.32. The molecular weight excluding hydrogens is 561 g/mol. The van der Waals surface area contributed by atoms with Gasteiger partial charge in [-0.25, -0.2) is 13.1 Å². The number of anilines is 1. The molecule has 2 N–H and O–H groups in total. The number of likely N-dealkylation sites (N-methyl/N-ethyl adjacent to an activating group) is 1. The zero-order valence-electron chi connectivity index (χ0n) is 21.5. The minimum absolute atomic E-state index is 0.158. The van der Waals surface area contributed by atoms with E-state index in [-0.39, 0.29) is 22.8 Å². The highest BCUT2D eigenvalue weighted by molar-refractivity contribution is 7.89. The summed E-state index contributed by atoms with van der Waals surface area (Å²) in [5.74, 6) is 0. The van der Waals surface area contributed by atoms with Gasteiger partial charge in [-0.1, -0.05) is 47.5 Å². The SMILES string of the molecule is CN1CCN(CCCNS(=O)(=O)c2ccc(NC(c3ccc(Cl)cc3)c3ccc(Cl)cc3)c([N+](=O)[O-])c2)CC1. The average molecular weight is 593 g/mol. The van der Waals surface area contributed by atoms with Gasteiger partial charge in [-0.2, -0.15) is 0 Å². The topological polar surface area (TPSA) is 108 Å². The van der Waals surface area contributed by atoms with Crippen molar-refractivity contribution in [3.05, 3.63) is 98.0 Å². The van der Waals surface area contributed by atoms with E-state index in [2.05, 4.69) is 26.9 Å². The van der Waals surface area contributed by atoms with Crippen LogP contribution in [0.1, 0.15) is 23.6 Å². The van der Waals surface area contributed by atoms with Crippen LogP contribution < -0.4 is 10.0 Å². The third-order valence-electron chi connectivity index (χ3n) is 6.72. The number of benzene rings is 3. The number of hydrogen-bond acceptors (Lipinski definition) is 7. The highest BCUT2D eigenvalue weighted by atomic mass is 35.5. The quantitative estimate of drug-likeness (QED) is 0.183. The fourth-order valence-corrected chi connectivity index (χ4v) is 5.79. The van der Waals surface area contributed by atoms with E-state index in [1.54, 1.807) is 24.3 Å². The summed E-state index contributed by atoms with van der Waals surface area (Å²) in [5.41, 5.74) is 1.47. The van der Waals surface area contributed by atoms with E-state index in [9.17, 15) is 18.5 Å². The van der Waals surface area contributed by atoms with Crippen LogP contribution >= 0.6 is 23.2 Å². The second-order valence-electron chi connectivity index (χ2n) is 9.51. The number of piperazine rings is 1. The molecule has 3 aromatic carbocycles. The van der Waals surface area contributed by atoms with Crippen molar-refractivity contribution in [1.29, 1.82) is 0 Å². The number of nitro benzene ring substituents is 1. The normalized spacial score (nSPS) is 15.0. The van der Waals surface area contributed by atoms with Crippen LogP contribution in [0.25, 0.3) is 0 Å². The largest absolute Gasteiger partial charge is 0.369 e. The Bertz CT molecular complexity index is 1330. The molecule has 0 saturated carbocycles. The third-order valence-corrected chi connectivity index (χ3v) is 8.68. The van der Waals surface area contributed by atoms with Crippen molar-refractivity contribution < 1.29 is 13.3 Å². The van der Waals surface area contributed by atoms with Gasteiger partial charge in [0.1, 0.15) is 5.69 Å². The Labute approximate surface area is 238 Å². The molecule has 1 saturated heterocycles. The Morgan fingerprint density at radius 1 is 0.923 bits per heavy atom. The number of rotatable bonds is 11. The first-order valence-corrected chi connectivity index (χ1v) is 14.8. The van der Waals surface area contributed by atoms with Crippen LogP contribution in [0.3, 0.4) is 0 Å². The molecule has 12 heteroatoms. The Morgan fingerprint density at radius 2 is 1.49 bits per heavy atom. The van der Waals surface area contributed by atoms with Gasteiger partial charge in [-0.3, -0.25) is 10.1 Å². The van der Waals surface area contributed by atoms with Crippen LogP contribution in [0.5, 0.6) is 0 Å². The standard InChI is InChI=1S/C27H31Cl2N5O4S/c1-32-15-17-33(18-16-32)14-2-13-30-39(37,38)24-11-12-25(26(19-24)34(35)36)31-27(20-3-7-22(28)8-4-20)21-5-9-23(29)10-6-21/h3-12,19,27,30-31H,2,13-18H2,1H3. The molecule has 1 aliphatic heterocycles. The van der Waals surface area contributed by atoms with E-state index in [0.29, 0.717) is 16.5 Å². The number of nitrogens with zero attached hydrogens (tertiary/aromatic N) is 3. The predicted molar refractivity (Wildman–Crippen MR) is 155 cm³/mol. The zero-order valence-corrected chi connectivity index (χ0v) is 23.8. The summed E-state index contributed by atoms with van der Waals surface area (Å²) in [6.45, 7) is 4.93. The van der Waals surface area contributed by atoms with Crippen LogP contribution in [0.2, 0.25) is 10.0 Å². The summed E-state index contributed by atoms with van der Waals surface area (Å²) in [4.78, 5) is 15.8. The lowest BCUT2D eigenvalue weighted by Crippen LogP contribution is -2.45. The fraction of sp³-hybridized carbons (Fsp3) is 0.333. The van der Waals surface area contributed by atoms with Gasteiger partial charge in [0, 0.05) is 48.8 Å². The van der Waals surface area contributed by atoms with Crippen LogP contribution in [0.4, 0.5) is 11.4 Å². The molecule has 0 atom stereocenters. The van der Waals surface area contributed by atoms with E-state index in [1.807, 2.05) is 24.3 Å². The molecule has 0 bridgehead atoms. The lowest BCUT2D eigenvalue weighted by atomic mass is 9.98. The van der Waals surface area contributed by atoms with Crippen LogP contribution in [0, 0.1) is 10.1 Å². The molecule has 0 aromatic heterocycles. The molecule has 1 aliphatic rings. The van der Waals surface area contributed by atoms with Crippen molar-refractivity contribution in [3.63, 3.8) is 0 Å². The fourth-order valence-electron chi connectivity index (χ4n) is 4.44. The molecule has 1 heterocycles. The zero-order chi connectivity index (χ0) is 28.0. The minimum atomic E-state index is -3.93. The molecule has 0 unspecified atom stereocenters. The first-order chi connectivity index (χ1) is 18.6. The van der Waals surface area contributed by atoms with Gasteiger partial charge in [-0.05, 0) is 67.5 Å². The van der Waals surface area contributed by atoms with E-state index in [4.69, 9.17) is 23.2 Å². The lowest BCUT2D eigenvalue weighted by molar-refractivity contribution is -0.384.